The number of benzene rings is 1. The summed E-state index contributed by atoms with van der Waals surface area (Å²) >= 11 is 0. The van der Waals surface area contributed by atoms with Gasteiger partial charge in [-0.05, 0) is 68.7 Å². The van der Waals surface area contributed by atoms with Gasteiger partial charge < -0.3 is 16.0 Å². The van der Waals surface area contributed by atoms with E-state index in [0.717, 1.165) is 12.5 Å². The lowest BCUT2D eigenvalue weighted by Gasteiger charge is -2.26. The summed E-state index contributed by atoms with van der Waals surface area (Å²) in [5, 5.41) is 3.59. The molecule has 1 aliphatic heterocycles. The summed E-state index contributed by atoms with van der Waals surface area (Å²) in [5.41, 5.74) is 8.58. The van der Waals surface area contributed by atoms with E-state index in [0.29, 0.717) is 6.04 Å². The zero-order valence-electron chi connectivity index (χ0n) is 12.4. The third-order valence-electron chi connectivity index (χ3n) is 4.82. The lowest BCUT2D eigenvalue weighted by molar-refractivity contribution is 0.339. The van der Waals surface area contributed by atoms with Crippen molar-refractivity contribution >= 4 is 11.4 Å². The highest BCUT2D eigenvalue weighted by atomic mass is 15.1. The molecule has 0 radical (unpaired) electrons. The Morgan fingerprint density at radius 2 is 1.65 bits per heavy atom. The van der Waals surface area contributed by atoms with E-state index in [-0.39, 0.29) is 0 Å². The van der Waals surface area contributed by atoms with E-state index in [9.17, 15) is 0 Å². The fourth-order valence-corrected chi connectivity index (χ4v) is 3.42. The molecule has 2 aliphatic rings. The topological polar surface area (TPSA) is 41.3 Å². The summed E-state index contributed by atoms with van der Waals surface area (Å²) in [7, 11) is 0. The van der Waals surface area contributed by atoms with Crippen LogP contribution in [0.25, 0.3) is 0 Å². The summed E-state index contributed by atoms with van der Waals surface area (Å²) < 4.78 is 0. The molecule has 1 saturated heterocycles. The van der Waals surface area contributed by atoms with Gasteiger partial charge in [-0.15, -0.1) is 0 Å². The van der Waals surface area contributed by atoms with Crippen LogP contribution in [0.1, 0.15) is 38.5 Å². The van der Waals surface area contributed by atoms with Crippen LogP contribution < -0.4 is 16.0 Å². The minimum atomic E-state index is 0.450. The smallest absolute Gasteiger partial charge is 0.0367 e. The molecule has 0 unspecified atom stereocenters. The highest BCUT2D eigenvalue weighted by Crippen LogP contribution is 2.25. The highest BCUT2D eigenvalue weighted by molar-refractivity contribution is 5.55. The number of nitrogens with two attached hydrogens (primary N) is 1. The molecule has 3 nitrogen and oxygen atoms in total. The number of nitrogens with one attached hydrogen (secondary N) is 1. The molecule has 0 atom stereocenters. The van der Waals surface area contributed by atoms with Crippen molar-refractivity contribution in [2.75, 3.05) is 29.9 Å². The second-order valence-electron chi connectivity index (χ2n) is 6.40. The van der Waals surface area contributed by atoms with E-state index in [4.69, 9.17) is 5.73 Å². The maximum absolute atomic E-state index is 5.96. The molecule has 3 N–H and O–H groups in total. The largest absolute Gasteiger partial charge is 0.385 e. The maximum Gasteiger partial charge on any atom is 0.0367 e. The molecule has 2 fully saturated rings. The Morgan fingerprint density at radius 1 is 1.00 bits per heavy atom. The first-order valence-electron chi connectivity index (χ1n) is 8.16. The maximum atomic E-state index is 5.96. The van der Waals surface area contributed by atoms with E-state index in [2.05, 4.69) is 34.5 Å². The van der Waals surface area contributed by atoms with Gasteiger partial charge >= 0.3 is 0 Å². The van der Waals surface area contributed by atoms with E-state index in [1.54, 1.807) is 0 Å². The van der Waals surface area contributed by atoms with Gasteiger partial charge in [0.25, 0.3) is 0 Å². The Hall–Kier alpha value is -1.22. The Balaban J connectivity index is 1.48. The van der Waals surface area contributed by atoms with Crippen molar-refractivity contribution in [3.8, 4) is 0 Å². The van der Waals surface area contributed by atoms with Crippen LogP contribution in [0.2, 0.25) is 0 Å². The molecule has 3 heteroatoms. The van der Waals surface area contributed by atoms with Crippen LogP contribution in [-0.2, 0) is 0 Å². The van der Waals surface area contributed by atoms with Gasteiger partial charge in [0.1, 0.15) is 0 Å². The average molecular weight is 273 g/mol. The Morgan fingerprint density at radius 3 is 2.30 bits per heavy atom. The van der Waals surface area contributed by atoms with E-state index in [1.807, 2.05) is 0 Å². The van der Waals surface area contributed by atoms with Gasteiger partial charge in [0.15, 0.2) is 0 Å². The van der Waals surface area contributed by atoms with Gasteiger partial charge in [-0.2, -0.15) is 0 Å². The molecule has 0 amide bonds. The summed E-state index contributed by atoms with van der Waals surface area (Å²) in [6.07, 6.45) is 7.62. The number of anilines is 2. The molecule has 20 heavy (non-hydrogen) atoms. The normalized spacial score (nSPS) is 26.8. The quantitative estimate of drug-likeness (QED) is 0.885. The molecule has 1 saturated carbocycles. The molecular weight excluding hydrogens is 246 g/mol. The van der Waals surface area contributed by atoms with Crippen molar-refractivity contribution in [3.05, 3.63) is 24.3 Å². The summed E-state index contributed by atoms with van der Waals surface area (Å²) in [5.74, 6) is 0.799. The zero-order valence-corrected chi connectivity index (χ0v) is 12.4. The van der Waals surface area contributed by atoms with Gasteiger partial charge in [-0.3, -0.25) is 0 Å². The summed E-state index contributed by atoms with van der Waals surface area (Å²) in [6.45, 7) is 3.53. The van der Waals surface area contributed by atoms with Crippen LogP contribution in [0.3, 0.4) is 0 Å². The minimum Gasteiger partial charge on any atom is -0.385 e. The van der Waals surface area contributed by atoms with E-state index >= 15 is 0 Å². The van der Waals surface area contributed by atoms with Gasteiger partial charge in [-0.1, -0.05) is 0 Å². The van der Waals surface area contributed by atoms with Gasteiger partial charge in [-0.25, -0.2) is 0 Å². The first kappa shape index (κ1) is 13.7. The second kappa shape index (κ2) is 6.49. The number of hydrogen-bond donors (Lipinski definition) is 2. The van der Waals surface area contributed by atoms with Gasteiger partial charge in [0.2, 0.25) is 0 Å². The van der Waals surface area contributed by atoms with Crippen LogP contribution in [-0.4, -0.2) is 25.7 Å². The van der Waals surface area contributed by atoms with Crippen molar-refractivity contribution in [2.24, 2.45) is 11.7 Å². The zero-order chi connectivity index (χ0) is 13.8. The van der Waals surface area contributed by atoms with E-state index in [1.165, 1.54) is 63.0 Å². The van der Waals surface area contributed by atoms with Crippen LogP contribution in [0.5, 0.6) is 0 Å². The number of nitrogens with zero attached hydrogens (tertiary/aromatic N) is 1. The molecular formula is C17H27N3. The van der Waals surface area contributed by atoms with Crippen LogP contribution >= 0.6 is 0 Å². The minimum absolute atomic E-state index is 0.450. The third-order valence-corrected chi connectivity index (χ3v) is 4.82. The molecule has 1 aromatic rings. The average Bonchev–Trinajstić information content (AvgIpc) is 3.01. The fraction of sp³-hybridized carbons (Fsp3) is 0.647. The summed E-state index contributed by atoms with van der Waals surface area (Å²) in [4.78, 5) is 2.48. The van der Waals surface area contributed by atoms with Gasteiger partial charge in [0.05, 0.1) is 0 Å². The monoisotopic (exact) mass is 273 g/mol. The molecule has 1 aromatic carbocycles. The van der Waals surface area contributed by atoms with Crippen LogP contribution in [0.4, 0.5) is 11.4 Å². The van der Waals surface area contributed by atoms with Crippen LogP contribution in [0, 0.1) is 5.92 Å². The first-order chi connectivity index (χ1) is 9.81. The predicted octanol–water partition coefficient (Wildman–Crippen LogP) is 3.22. The molecule has 110 valence electrons. The number of hydrogen-bond acceptors (Lipinski definition) is 3. The predicted molar refractivity (Wildman–Crippen MR) is 86.3 cm³/mol. The third kappa shape index (κ3) is 3.45. The lowest BCUT2D eigenvalue weighted by atomic mass is 9.86. The lowest BCUT2D eigenvalue weighted by Crippen LogP contribution is -2.29. The molecule has 0 aromatic heterocycles. The van der Waals surface area contributed by atoms with Crippen molar-refractivity contribution in [2.45, 2.75) is 44.6 Å². The molecule has 0 bridgehead atoms. The van der Waals surface area contributed by atoms with Crippen LogP contribution in [0.15, 0.2) is 24.3 Å². The molecule has 1 heterocycles. The van der Waals surface area contributed by atoms with E-state index < -0.39 is 0 Å². The Bertz CT molecular complexity index is 401. The fourth-order valence-electron chi connectivity index (χ4n) is 3.42. The van der Waals surface area contributed by atoms with Gasteiger partial charge in [0, 0.05) is 37.1 Å². The van der Waals surface area contributed by atoms with Crippen molar-refractivity contribution in [3.63, 3.8) is 0 Å². The highest BCUT2D eigenvalue weighted by Gasteiger charge is 2.18. The molecule has 3 rings (SSSR count). The van der Waals surface area contributed by atoms with Crippen molar-refractivity contribution < 1.29 is 0 Å². The second-order valence-corrected chi connectivity index (χ2v) is 6.40. The van der Waals surface area contributed by atoms with Crippen molar-refractivity contribution in [1.82, 2.24) is 0 Å². The summed E-state index contributed by atoms with van der Waals surface area (Å²) in [6, 6.07) is 9.41. The Kier molecular flexibility index (Phi) is 4.46. The first-order valence-corrected chi connectivity index (χ1v) is 8.16. The Labute approximate surface area is 122 Å². The SMILES string of the molecule is N[C@H]1CC[C@H](CNc2ccc(N3CCCC3)cc2)CC1. The molecule has 1 aliphatic carbocycles. The number of rotatable bonds is 4. The van der Waals surface area contributed by atoms with Crippen molar-refractivity contribution in [1.29, 1.82) is 0 Å². The molecule has 0 spiro atoms. The standard InChI is InChI=1S/C17H27N3/c18-15-5-3-14(4-6-15)13-19-16-7-9-17(10-8-16)20-11-1-2-12-20/h7-10,14-15,19H,1-6,11-13,18H2/t14-,15-.